The standard InChI is InChI=1S/C27H32FN3O3/c1-5-14-30(27(33)29-24-12-6-19(2)20(3)15-24)18-26(32)31(17-25-13-7-21(4)34-25)16-22-8-10-23(28)11-9-22/h6-13,15H,5,14,16-18H2,1-4H3,(H,29,33). The molecule has 1 aromatic heterocycles. The van der Waals surface area contributed by atoms with Crippen LogP contribution in [0.25, 0.3) is 0 Å². The van der Waals surface area contributed by atoms with E-state index in [1.807, 2.05) is 58.0 Å². The first-order chi connectivity index (χ1) is 16.2. The molecule has 0 bridgehead atoms. The molecule has 7 heteroatoms. The molecule has 0 saturated carbocycles. The van der Waals surface area contributed by atoms with Crippen molar-refractivity contribution >= 4 is 17.6 Å². The van der Waals surface area contributed by atoms with Crippen LogP contribution >= 0.6 is 0 Å². The summed E-state index contributed by atoms with van der Waals surface area (Å²) in [6.45, 7) is 8.69. The van der Waals surface area contributed by atoms with Gasteiger partial charge in [0.2, 0.25) is 5.91 Å². The first-order valence-corrected chi connectivity index (χ1v) is 11.5. The Hall–Kier alpha value is -3.61. The van der Waals surface area contributed by atoms with Crippen LogP contribution < -0.4 is 5.32 Å². The number of carbonyl (C=O) groups excluding carboxylic acids is 2. The molecule has 180 valence electrons. The Kier molecular flexibility index (Phi) is 8.46. The van der Waals surface area contributed by atoms with Gasteiger partial charge in [0, 0.05) is 18.8 Å². The Balaban J connectivity index is 1.75. The molecule has 34 heavy (non-hydrogen) atoms. The van der Waals surface area contributed by atoms with Gasteiger partial charge in [0.25, 0.3) is 0 Å². The van der Waals surface area contributed by atoms with E-state index in [4.69, 9.17) is 4.42 Å². The number of nitrogens with zero attached hydrogens (tertiary/aromatic N) is 2. The number of halogens is 1. The molecule has 1 N–H and O–H groups in total. The van der Waals surface area contributed by atoms with Gasteiger partial charge in [-0.3, -0.25) is 4.79 Å². The fourth-order valence-corrected chi connectivity index (χ4v) is 3.61. The van der Waals surface area contributed by atoms with Crippen molar-refractivity contribution in [3.05, 3.63) is 88.6 Å². The molecule has 3 amide bonds. The molecule has 0 radical (unpaired) electrons. The van der Waals surface area contributed by atoms with Gasteiger partial charge in [0.15, 0.2) is 0 Å². The summed E-state index contributed by atoms with van der Waals surface area (Å²) >= 11 is 0. The number of aryl methyl sites for hydroxylation is 3. The maximum absolute atomic E-state index is 13.4. The van der Waals surface area contributed by atoms with E-state index in [2.05, 4.69) is 5.32 Å². The van der Waals surface area contributed by atoms with Gasteiger partial charge < -0.3 is 19.5 Å². The SMILES string of the molecule is CCCN(CC(=O)N(Cc1ccc(F)cc1)Cc1ccc(C)o1)C(=O)Nc1ccc(C)c(C)c1. The van der Waals surface area contributed by atoms with Crippen LogP contribution in [0.4, 0.5) is 14.9 Å². The Labute approximate surface area is 200 Å². The molecule has 0 unspecified atom stereocenters. The summed E-state index contributed by atoms with van der Waals surface area (Å²) in [4.78, 5) is 29.5. The lowest BCUT2D eigenvalue weighted by Gasteiger charge is -2.27. The zero-order chi connectivity index (χ0) is 24.7. The van der Waals surface area contributed by atoms with E-state index >= 15 is 0 Å². The third-order valence-corrected chi connectivity index (χ3v) is 5.65. The number of benzene rings is 2. The quantitative estimate of drug-likeness (QED) is 0.433. The van der Waals surface area contributed by atoms with Crippen LogP contribution in [0.15, 0.2) is 59.0 Å². The minimum absolute atomic E-state index is 0.0780. The molecule has 0 saturated heterocycles. The molecule has 6 nitrogen and oxygen atoms in total. The molecule has 0 aliphatic rings. The molecule has 0 spiro atoms. The molecule has 0 aliphatic carbocycles. The number of carbonyl (C=O) groups is 2. The fraction of sp³-hybridized carbons (Fsp3) is 0.333. The van der Waals surface area contributed by atoms with Crippen LogP contribution in [-0.2, 0) is 17.9 Å². The molecule has 2 aromatic carbocycles. The second-order valence-electron chi connectivity index (χ2n) is 8.54. The van der Waals surface area contributed by atoms with Crippen LogP contribution in [-0.4, -0.2) is 34.8 Å². The topological polar surface area (TPSA) is 65.8 Å². The lowest BCUT2D eigenvalue weighted by molar-refractivity contribution is -0.133. The Morgan fingerprint density at radius 2 is 1.65 bits per heavy atom. The summed E-state index contributed by atoms with van der Waals surface area (Å²) in [5.41, 5.74) is 3.70. The van der Waals surface area contributed by atoms with Crippen LogP contribution in [0.3, 0.4) is 0 Å². The minimum Gasteiger partial charge on any atom is -0.464 e. The summed E-state index contributed by atoms with van der Waals surface area (Å²) in [6.07, 6.45) is 0.711. The van der Waals surface area contributed by atoms with Crippen molar-refractivity contribution in [3.8, 4) is 0 Å². The van der Waals surface area contributed by atoms with Crippen molar-refractivity contribution in [2.24, 2.45) is 0 Å². The number of furan rings is 1. The Morgan fingerprint density at radius 3 is 2.26 bits per heavy atom. The molecular weight excluding hydrogens is 433 g/mol. The largest absolute Gasteiger partial charge is 0.464 e. The third kappa shape index (κ3) is 6.94. The predicted molar refractivity (Wildman–Crippen MR) is 131 cm³/mol. The zero-order valence-electron chi connectivity index (χ0n) is 20.2. The number of hydrogen-bond acceptors (Lipinski definition) is 3. The number of anilines is 1. The van der Waals surface area contributed by atoms with E-state index in [1.54, 1.807) is 17.0 Å². The summed E-state index contributed by atoms with van der Waals surface area (Å²) in [7, 11) is 0. The third-order valence-electron chi connectivity index (χ3n) is 5.65. The maximum Gasteiger partial charge on any atom is 0.322 e. The zero-order valence-corrected chi connectivity index (χ0v) is 20.2. The first-order valence-electron chi connectivity index (χ1n) is 11.5. The van der Waals surface area contributed by atoms with Gasteiger partial charge >= 0.3 is 6.03 Å². The molecule has 0 aliphatic heterocycles. The second-order valence-corrected chi connectivity index (χ2v) is 8.54. The van der Waals surface area contributed by atoms with Crippen molar-refractivity contribution in [2.45, 2.75) is 47.2 Å². The normalized spacial score (nSPS) is 10.7. The van der Waals surface area contributed by atoms with Crippen LogP contribution in [0.5, 0.6) is 0 Å². The van der Waals surface area contributed by atoms with Gasteiger partial charge in [-0.15, -0.1) is 0 Å². The van der Waals surface area contributed by atoms with E-state index in [9.17, 15) is 14.0 Å². The Bertz CT molecular complexity index is 1120. The molecule has 0 fully saturated rings. The summed E-state index contributed by atoms with van der Waals surface area (Å²) in [5, 5.41) is 2.90. The second kappa shape index (κ2) is 11.5. The van der Waals surface area contributed by atoms with Crippen molar-refractivity contribution in [2.75, 3.05) is 18.4 Å². The number of amides is 3. The number of nitrogens with one attached hydrogen (secondary N) is 1. The van der Waals surface area contributed by atoms with Gasteiger partial charge in [-0.2, -0.15) is 0 Å². The minimum atomic E-state index is -0.333. The summed E-state index contributed by atoms with van der Waals surface area (Å²) in [6, 6.07) is 15.1. The van der Waals surface area contributed by atoms with E-state index in [0.29, 0.717) is 24.4 Å². The number of hydrogen-bond donors (Lipinski definition) is 1. The van der Waals surface area contributed by atoms with Gasteiger partial charge in [0.05, 0.1) is 6.54 Å². The smallest absolute Gasteiger partial charge is 0.322 e. The average Bonchev–Trinajstić information content (AvgIpc) is 3.21. The van der Waals surface area contributed by atoms with E-state index < -0.39 is 0 Å². The van der Waals surface area contributed by atoms with Crippen molar-refractivity contribution < 1.29 is 18.4 Å². The predicted octanol–water partition coefficient (Wildman–Crippen LogP) is 5.82. The fourth-order valence-electron chi connectivity index (χ4n) is 3.61. The van der Waals surface area contributed by atoms with E-state index in [1.165, 1.54) is 17.0 Å². The number of urea groups is 1. The van der Waals surface area contributed by atoms with Crippen molar-refractivity contribution in [1.29, 1.82) is 0 Å². The lowest BCUT2D eigenvalue weighted by atomic mass is 10.1. The van der Waals surface area contributed by atoms with E-state index in [-0.39, 0.29) is 37.4 Å². The molecule has 0 atom stereocenters. The monoisotopic (exact) mass is 465 g/mol. The van der Waals surface area contributed by atoms with Crippen molar-refractivity contribution in [3.63, 3.8) is 0 Å². The van der Waals surface area contributed by atoms with Crippen LogP contribution in [0, 0.1) is 26.6 Å². The van der Waals surface area contributed by atoms with Gasteiger partial charge in [-0.1, -0.05) is 25.1 Å². The molecule has 3 aromatic rings. The Morgan fingerprint density at radius 1 is 0.912 bits per heavy atom. The molecule has 1 heterocycles. The van der Waals surface area contributed by atoms with E-state index in [0.717, 1.165) is 22.5 Å². The highest BCUT2D eigenvalue weighted by Crippen LogP contribution is 2.17. The highest BCUT2D eigenvalue weighted by molar-refractivity contribution is 5.92. The van der Waals surface area contributed by atoms with Gasteiger partial charge in [-0.05, 0) is 80.3 Å². The van der Waals surface area contributed by atoms with Crippen LogP contribution in [0.2, 0.25) is 0 Å². The van der Waals surface area contributed by atoms with Crippen molar-refractivity contribution in [1.82, 2.24) is 9.80 Å². The van der Waals surface area contributed by atoms with Gasteiger partial charge in [0.1, 0.15) is 23.9 Å². The highest BCUT2D eigenvalue weighted by atomic mass is 19.1. The molecular formula is C27H32FN3O3. The number of rotatable bonds is 9. The lowest BCUT2D eigenvalue weighted by Crippen LogP contribution is -2.44. The molecule has 3 rings (SSSR count). The summed E-state index contributed by atoms with van der Waals surface area (Å²) in [5.74, 6) is 0.849. The average molecular weight is 466 g/mol. The first kappa shape index (κ1) is 25.0. The highest BCUT2D eigenvalue weighted by Gasteiger charge is 2.22. The van der Waals surface area contributed by atoms with Crippen LogP contribution in [0.1, 0.15) is 41.6 Å². The van der Waals surface area contributed by atoms with Gasteiger partial charge in [-0.25, -0.2) is 9.18 Å². The maximum atomic E-state index is 13.4. The summed E-state index contributed by atoms with van der Waals surface area (Å²) < 4.78 is 19.0.